The van der Waals surface area contributed by atoms with Crippen molar-refractivity contribution in [2.45, 2.75) is 95.8 Å². The van der Waals surface area contributed by atoms with Crippen LogP contribution < -0.4 is 0 Å². The van der Waals surface area contributed by atoms with Gasteiger partial charge in [-0.05, 0) is 29.5 Å². The summed E-state index contributed by atoms with van der Waals surface area (Å²) in [5.74, 6) is -0.380. The monoisotopic (exact) mass is 418 g/mol. The molecule has 1 aliphatic rings. The van der Waals surface area contributed by atoms with Gasteiger partial charge in [-0.25, -0.2) is 0 Å². The quantitative estimate of drug-likeness (QED) is 0.390. The van der Waals surface area contributed by atoms with Crippen LogP contribution in [0.2, 0.25) is 22.7 Å². The van der Waals surface area contributed by atoms with Crippen molar-refractivity contribution in [1.82, 2.24) is 0 Å². The number of carbonyl (C=O) groups is 1. The van der Waals surface area contributed by atoms with Crippen LogP contribution in [0.3, 0.4) is 0 Å². The molecule has 0 aromatic heterocycles. The molecule has 0 aromatic carbocycles. The van der Waals surface area contributed by atoms with Crippen LogP contribution in [0, 0.1) is 5.92 Å². The molecule has 3 atom stereocenters. The molecule has 0 heterocycles. The van der Waals surface area contributed by atoms with E-state index in [1.807, 2.05) is 6.92 Å². The lowest BCUT2D eigenvalue weighted by atomic mass is 10.2. The lowest BCUT2D eigenvalue weighted by molar-refractivity contribution is -0.139. The van der Waals surface area contributed by atoms with Crippen molar-refractivity contribution in [1.29, 1.82) is 0 Å². The Balaban J connectivity index is 3.11. The molecule has 1 saturated carbocycles. The predicted molar refractivity (Wildman–Crippen MR) is 114 cm³/mol. The zero-order valence-corrected chi connectivity index (χ0v) is 20.8. The summed E-state index contributed by atoms with van der Waals surface area (Å²) in [5, 5.41) is 0. The van der Waals surface area contributed by atoms with Crippen LogP contribution >= 0.6 is 0 Å². The minimum atomic E-state index is -2.81. The maximum atomic E-state index is 13.2. The van der Waals surface area contributed by atoms with Crippen LogP contribution in [-0.2, 0) is 22.5 Å². The maximum Gasteiger partial charge on any atom is 0.501 e. The van der Waals surface area contributed by atoms with Gasteiger partial charge in [-0.3, -0.25) is 4.79 Å². The molecular formula is C20H42O5Si2. The van der Waals surface area contributed by atoms with Crippen LogP contribution in [0.4, 0.5) is 0 Å². The number of rotatable bonds is 12. The van der Waals surface area contributed by atoms with Crippen LogP contribution in [-0.4, -0.2) is 44.4 Å². The molecule has 1 rings (SSSR count). The Labute approximate surface area is 169 Å². The fourth-order valence-corrected chi connectivity index (χ4v) is 13.0. The Kier molecular flexibility index (Phi) is 10.2. The third-order valence-electron chi connectivity index (χ3n) is 6.93. The first kappa shape index (κ1) is 24.8. The van der Waals surface area contributed by atoms with Crippen LogP contribution in [0.25, 0.3) is 0 Å². The summed E-state index contributed by atoms with van der Waals surface area (Å²) in [6, 6.07) is 0.450. The van der Waals surface area contributed by atoms with Crippen molar-refractivity contribution in [3.05, 3.63) is 0 Å². The zero-order valence-electron chi connectivity index (χ0n) is 18.8. The van der Waals surface area contributed by atoms with Crippen molar-refractivity contribution in [2.24, 2.45) is 5.92 Å². The number of carbonyl (C=O) groups excluding carboxylic acids is 1. The van der Waals surface area contributed by atoms with Crippen molar-refractivity contribution in [3.63, 3.8) is 0 Å². The summed E-state index contributed by atoms with van der Waals surface area (Å²) in [7, 11) is -0.293. The first-order valence-corrected chi connectivity index (χ1v) is 14.7. The topological polar surface area (TPSA) is 54.0 Å². The van der Waals surface area contributed by atoms with E-state index >= 15 is 0 Å². The summed E-state index contributed by atoms with van der Waals surface area (Å²) in [6.45, 7) is 11.0. The Morgan fingerprint density at radius 1 is 0.926 bits per heavy atom. The summed E-state index contributed by atoms with van der Waals surface area (Å²) in [5.41, 5.74) is 1.54. The SMILES string of the molecule is CCC(C)[Si](OC(=O)C(C)C[Si](OC)(OC)OC)(C(C)CC)C1CCCC1. The van der Waals surface area contributed by atoms with Gasteiger partial charge in [0, 0.05) is 27.4 Å². The van der Waals surface area contributed by atoms with Gasteiger partial charge in [0.05, 0.1) is 5.92 Å². The maximum absolute atomic E-state index is 13.2. The highest BCUT2D eigenvalue weighted by atomic mass is 28.4. The second kappa shape index (κ2) is 11.1. The fourth-order valence-electron chi connectivity index (χ4n) is 4.82. The smallest absolute Gasteiger partial charge is 0.501 e. The molecule has 0 aliphatic heterocycles. The van der Waals surface area contributed by atoms with Crippen LogP contribution in [0.15, 0.2) is 0 Å². The van der Waals surface area contributed by atoms with Gasteiger partial charge in [-0.15, -0.1) is 0 Å². The third-order valence-corrected chi connectivity index (χ3v) is 16.2. The summed E-state index contributed by atoms with van der Waals surface area (Å²) < 4.78 is 23.2. The van der Waals surface area contributed by atoms with E-state index in [1.165, 1.54) is 25.7 Å². The molecule has 0 N–H and O–H groups in total. The van der Waals surface area contributed by atoms with Gasteiger partial charge in [0.25, 0.3) is 14.3 Å². The van der Waals surface area contributed by atoms with Gasteiger partial charge in [-0.1, -0.05) is 60.3 Å². The van der Waals surface area contributed by atoms with E-state index in [0.717, 1.165) is 12.8 Å². The van der Waals surface area contributed by atoms with E-state index in [-0.39, 0.29) is 11.9 Å². The average molecular weight is 419 g/mol. The molecule has 0 amide bonds. The molecule has 160 valence electrons. The highest BCUT2D eigenvalue weighted by Gasteiger charge is 2.55. The zero-order chi connectivity index (χ0) is 20.7. The molecule has 5 nitrogen and oxygen atoms in total. The van der Waals surface area contributed by atoms with E-state index in [2.05, 4.69) is 27.7 Å². The molecule has 27 heavy (non-hydrogen) atoms. The summed E-state index contributed by atoms with van der Waals surface area (Å²) in [4.78, 5) is 13.2. The van der Waals surface area contributed by atoms with Crippen LogP contribution in [0.1, 0.15) is 73.1 Å². The Bertz CT molecular complexity index is 431. The van der Waals surface area contributed by atoms with Gasteiger partial charge in [0.2, 0.25) is 0 Å². The highest BCUT2D eigenvalue weighted by molar-refractivity contribution is 6.79. The van der Waals surface area contributed by atoms with Crippen molar-refractivity contribution < 1.29 is 22.5 Å². The largest absolute Gasteiger partial charge is 0.518 e. The van der Waals surface area contributed by atoms with Gasteiger partial charge in [0.1, 0.15) is 0 Å². The van der Waals surface area contributed by atoms with E-state index in [1.54, 1.807) is 21.3 Å². The molecule has 0 saturated heterocycles. The van der Waals surface area contributed by atoms with E-state index in [0.29, 0.717) is 22.7 Å². The molecule has 0 aromatic rings. The van der Waals surface area contributed by atoms with Gasteiger partial charge < -0.3 is 17.7 Å². The Hall–Kier alpha value is -0.216. The normalized spacial score (nSPS) is 21.5. The molecule has 0 spiro atoms. The second-order valence-electron chi connectivity index (χ2n) is 8.28. The minimum Gasteiger partial charge on any atom is -0.518 e. The lowest BCUT2D eigenvalue weighted by Gasteiger charge is -2.45. The molecule has 0 radical (unpaired) electrons. The standard InChI is InChI=1S/C20H42O5Si2/c1-9-17(4)27(18(5)10-2,19-13-11-12-14-19)25-20(21)16(3)15-26(22-6,23-7)24-8/h16-19H,9-15H2,1-8H3. The van der Waals surface area contributed by atoms with Gasteiger partial charge >= 0.3 is 8.80 Å². The lowest BCUT2D eigenvalue weighted by Crippen LogP contribution is -2.53. The minimum absolute atomic E-state index is 0.0859. The number of hydrogen-bond acceptors (Lipinski definition) is 5. The third kappa shape index (κ3) is 5.44. The molecular weight excluding hydrogens is 376 g/mol. The van der Waals surface area contributed by atoms with E-state index in [9.17, 15) is 4.79 Å². The van der Waals surface area contributed by atoms with Crippen molar-refractivity contribution >= 4 is 23.1 Å². The molecule has 1 fully saturated rings. The highest BCUT2D eigenvalue weighted by Crippen LogP contribution is 2.52. The Morgan fingerprint density at radius 3 is 1.74 bits per heavy atom. The number of hydrogen-bond donors (Lipinski definition) is 0. The van der Waals surface area contributed by atoms with Crippen molar-refractivity contribution in [2.75, 3.05) is 21.3 Å². The van der Waals surface area contributed by atoms with Gasteiger partial charge in [-0.2, -0.15) is 0 Å². The van der Waals surface area contributed by atoms with Crippen molar-refractivity contribution in [3.8, 4) is 0 Å². The average Bonchev–Trinajstić information content (AvgIpc) is 3.23. The predicted octanol–water partition coefficient (Wildman–Crippen LogP) is 5.53. The molecule has 1 aliphatic carbocycles. The first-order chi connectivity index (χ1) is 12.8. The fraction of sp³-hybridized carbons (Fsp3) is 0.950. The van der Waals surface area contributed by atoms with E-state index < -0.39 is 17.1 Å². The second-order valence-corrected chi connectivity index (χ2v) is 16.0. The van der Waals surface area contributed by atoms with Crippen LogP contribution in [0.5, 0.6) is 0 Å². The molecule has 0 bridgehead atoms. The summed E-state index contributed by atoms with van der Waals surface area (Å²) >= 11 is 0. The summed E-state index contributed by atoms with van der Waals surface area (Å²) in [6.07, 6.45) is 7.12. The van der Waals surface area contributed by atoms with E-state index in [4.69, 9.17) is 17.7 Å². The Morgan fingerprint density at radius 2 is 1.37 bits per heavy atom. The molecule has 7 heteroatoms. The molecule has 3 unspecified atom stereocenters. The van der Waals surface area contributed by atoms with Gasteiger partial charge in [0.15, 0.2) is 0 Å². The first-order valence-electron chi connectivity index (χ1n) is 10.6.